The van der Waals surface area contributed by atoms with Gasteiger partial charge in [0.2, 0.25) is 5.91 Å². The fourth-order valence-corrected chi connectivity index (χ4v) is 3.50. The lowest BCUT2D eigenvalue weighted by atomic mass is 9.81. The van der Waals surface area contributed by atoms with Gasteiger partial charge >= 0.3 is 0 Å². The van der Waals surface area contributed by atoms with Gasteiger partial charge in [-0.05, 0) is 49.3 Å². The largest absolute Gasteiger partial charge is 0.310 e. The minimum absolute atomic E-state index is 0.0553. The number of benzene rings is 1. The molecule has 2 N–H and O–H groups in total. The van der Waals surface area contributed by atoms with Gasteiger partial charge in [0.05, 0.1) is 0 Å². The van der Waals surface area contributed by atoms with Crippen LogP contribution in [0.5, 0.6) is 0 Å². The molecule has 0 aliphatic heterocycles. The predicted molar refractivity (Wildman–Crippen MR) is 91.4 cm³/mol. The fraction of sp³-hybridized carbons (Fsp3) is 0.333. The number of carbonyl (C=O) groups excluding carboxylic acids is 1. The van der Waals surface area contributed by atoms with E-state index in [-0.39, 0.29) is 17.6 Å². The van der Waals surface area contributed by atoms with E-state index < -0.39 is 0 Å². The van der Waals surface area contributed by atoms with Crippen molar-refractivity contribution in [2.75, 3.05) is 5.32 Å². The van der Waals surface area contributed by atoms with Gasteiger partial charge in [-0.2, -0.15) is 5.10 Å². The lowest BCUT2D eigenvalue weighted by molar-refractivity contribution is -0.120. The number of halogens is 1. The minimum Gasteiger partial charge on any atom is -0.310 e. The van der Waals surface area contributed by atoms with Crippen molar-refractivity contribution in [3.05, 3.63) is 48.4 Å². The predicted octanol–water partition coefficient (Wildman–Crippen LogP) is 3.40. The van der Waals surface area contributed by atoms with E-state index in [1.165, 1.54) is 18.5 Å². The average Bonchev–Trinajstić information content (AvgIpc) is 3.17. The molecule has 6 nitrogen and oxygen atoms in total. The molecule has 1 aromatic carbocycles. The zero-order valence-electron chi connectivity index (χ0n) is 13.6. The van der Waals surface area contributed by atoms with E-state index >= 15 is 0 Å². The monoisotopic (exact) mass is 339 g/mol. The summed E-state index contributed by atoms with van der Waals surface area (Å²) in [6, 6.07) is 6.29. The Bertz CT molecular complexity index is 888. The van der Waals surface area contributed by atoms with E-state index in [9.17, 15) is 9.18 Å². The zero-order chi connectivity index (χ0) is 17.2. The second-order valence-corrected chi connectivity index (χ2v) is 6.43. The molecule has 128 valence electrons. The van der Waals surface area contributed by atoms with Crippen molar-refractivity contribution in [2.45, 2.75) is 31.6 Å². The van der Waals surface area contributed by atoms with E-state index in [4.69, 9.17) is 0 Å². The molecule has 1 fully saturated rings. The highest BCUT2D eigenvalue weighted by Crippen LogP contribution is 2.34. The molecule has 0 radical (unpaired) electrons. The van der Waals surface area contributed by atoms with Crippen molar-refractivity contribution in [3.63, 3.8) is 0 Å². The second kappa shape index (κ2) is 6.58. The molecule has 4 rings (SSSR count). The Morgan fingerprint density at radius 3 is 2.76 bits per heavy atom. The third kappa shape index (κ3) is 3.22. The Labute approximate surface area is 143 Å². The Kier molecular flexibility index (Phi) is 4.13. The van der Waals surface area contributed by atoms with Crippen LogP contribution in [0.15, 0.2) is 36.8 Å². The minimum atomic E-state index is -0.344. The molecular formula is C18H18FN5O. The standard InChI is InChI=1S/C18H18FN5O/c19-14-6-5-11-7-8-20-17(15(11)9-14)23-18(25)13-3-1-12(2-4-13)16-21-10-22-24-16/h5-10,12-13H,1-4H2,(H,20,23,25)(H,21,22,24). The van der Waals surface area contributed by atoms with E-state index in [0.29, 0.717) is 17.1 Å². The molecule has 1 aliphatic rings. The normalized spacial score (nSPS) is 20.5. The number of hydrogen-bond donors (Lipinski definition) is 2. The van der Waals surface area contributed by atoms with Gasteiger partial charge in [-0.3, -0.25) is 9.89 Å². The lowest BCUT2D eigenvalue weighted by Crippen LogP contribution is -2.27. The number of anilines is 1. The summed E-state index contributed by atoms with van der Waals surface area (Å²) in [4.78, 5) is 21.0. The summed E-state index contributed by atoms with van der Waals surface area (Å²) in [7, 11) is 0. The topological polar surface area (TPSA) is 83.6 Å². The van der Waals surface area contributed by atoms with Crippen LogP contribution < -0.4 is 5.32 Å². The summed E-state index contributed by atoms with van der Waals surface area (Å²) in [6.45, 7) is 0. The van der Waals surface area contributed by atoms with Crippen molar-refractivity contribution in [2.24, 2.45) is 5.92 Å². The Balaban J connectivity index is 1.45. The zero-order valence-corrected chi connectivity index (χ0v) is 13.6. The van der Waals surface area contributed by atoms with Crippen molar-refractivity contribution in [3.8, 4) is 0 Å². The van der Waals surface area contributed by atoms with Crippen LogP contribution in [0.4, 0.5) is 10.2 Å². The van der Waals surface area contributed by atoms with Gasteiger partial charge in [-0.25, -0.2) is 14.4 Å². The van der Waals surface area contributed by atoms with Crippen LogP contribution in [0, 0.1) is 11.7 Å². The Morgan fingerprint density at radius 1 is 1.16 bits per heavy atom. The molecule has 1 saturated carbocycles. The number of hydrogen-bond acceptors (Lipinski definition) is 4. The van der Waals surface area contributed by atoms with E-state index in [0.717, 1.165) is 36.9 Å². The van der Waals surface area contributed by atoms with E-state index in [1.54, 1.807) is 18.3 Å². The van der Waals surface area contributed by atoms with Gasteiger partial charge in [-0.15, -0.1) is 0 Å². The van der Waals surface area contributed by atoms with Crippen LogP contribution in [0.3, 0.4) is 0 Å². The maximum absolute atomic E-state index is 13.5. The first-order chi connectivity index (χ1) is 12.2. The van der Waals surface area contributed by atoms with Crippen molar-refractivity contribution in [1.82, 2.24) is 20.2 Å². The number of amides is 1. The van der Waals surface area contributed by atoms with Gasteiger partial charge in [0, 0.05) is 23.4 Å². The number of aromatic nitrogens is 4. The highest BCUT2D eigenvalue weighted by molar-refractivity contribution is 6.01. The molecule has 3 aromatic rings. The highest BCUT2D eigenvalue weighted by Gasteiger charge is 2.28. The van der Waals surface area contributed by atoms with Crippen molar-refractivity contribution in [1.29, 1.82) is 0 Å². The SMILES string of the molecule is O=C(Nc1nccc2ccc(F)cc12)C1CCC(c2ncn[nH]2)CC1. The number of nitrogens with one attached hydrogen (secondary N) is 2. The first-order valence-corrected chi connectivity index (χ1v) is 8.41. The summed E-state index contributed by atoms with van der Waals surface area (Å²) in [6.07, 6.45) is 6.50. The highest BCUT2D eigenvalue weighted by atomic mass is 19.1. The van der Waals surface area contributed by atoms with Gasteiger partial charge < -0.3 is 5.32 Å². The number of rotatable bonds is 3. The van der Waals surface area contributed by atoms with Crippen molar-refractivity contribution >= 4 is 22.5 Å². The van der Waals surface area contributed by atoms with Crippen LogP contribution in [0.2, 0.25) is 0 Å². The van der Waals surface area contributed by atoms with Gasteiger partial charge in [-0.1, -0.05) is 6.07 Å². The number of pyridine rings is 1. The third-order valence-electron chi connectivity index (χ3n) is 4.89. The molecule has 2 aromatic heterocycles. The molecule has 0 spiro atoms. The smallest absolute Gasteiger partial charge is 0.228 e. The number of H-pyrrole nitrogens is 1. The fourth-order valence-electron chi connectivity index (χ4n) is 3.50. The second-order valence-electron chi connectivity index (χ2n) is 6.43. The lowest BCUT2D eigenvalue weighted by Gasteiger charge is -2.26. The van der Waals surface area contributed by atoms with Crippen LogP contribution in [-0.4, -0.2) is 26.1 Å². The summed E-state index contributed by atoms with van der Waals surface area (Å²) >= 11 is 0. The molecule has 0 atom stereocenters. The Hall–Kier alpha value is -2.83. The van der Waals surface area contributed by atoms with Gasteiger partial charge in [0.1, 0.15) is 23.8 Å². The van der Waals surface area contributed by atoms with E-state index in [1.807, 2.05) is 0 Å². The number of carbonyl (C=O) groups is 1. The number of fused-ring (bicyclic) bond motifs is 1. The molecule has 0 bridgehead atoms. The Morgan fingerprint density at radius 2 is 2.00 bits per heavy atom. The molecule has 7 heteroatoms. The molecule has 0 unspecified atom stereocenters. The first kappa shape index (κ1) is 15.7. The average molecular weight is 339 g/mol. The van der Waals surface area contributed by atoms with Crippen LogP contribution >= 0.6 is 0 Å². The maximum atomic E-state index is 13.5. The maximum Gasteiger partial charge on any atom is 0.228 e. The molecule has 2 heterocycles. The summed E-state index contributed by atoms with van der Waals surface area (Å²) in [5, 5.41) is 11.1. The van der Waals surface area contributed by atoms with Crippen LogP contribution in [0.1, 0.15) is 37.4 Å². The summed E-state index contributed by atoms with van der Waals surface area (Å²) in [5.74, 6) is 1.18. The number of nitrogens with zero attached hydrogens (tertiary/aromatic N) is 3. The quantitative estimate of drug-likeness (QED) is 0.766. The summed E-state index contributed by atoms with van der Waals surface area (Å²) < 4.78 is 13.5. The van der Waals surface area contributed by atoms with Crippen LogP contribution in [0.25, 0.3) is 10.8 Å². The van der Waals surface area contributed by atoms with Gasteiger partial charge in [0.15, 0.2) is 0 Å². The van der Waals surface area contributed by atoms with Crippen molar-refractivity contribution < 1.29 is 9.18 Å². The first-order valence-electron chi connectivity index (χ1n) is 8.41. The molecule has 25 heavy (non-hydrogen) atoms. The summed E-state index contributed by atoms with van der Waals surface area (Å²) in [5.41, 5.74) is 0. The van der Waals surface area contributed by atoms with Crippen LogP contribution in [-0.2, 0) is 4.79 Å². The molecule has 0 saturated heterocycles. The van der Waals surface area contributed by atoms with E-state index in [2.05, 4.69) is 25.5 Å². The van der Waals surface area contributed by atoms with Gasteiger partial charge in [0.25, 0.3) is 0 Å². The number of aromatic amines is 1. The third-order valence-corrected chi connectivity index (χ3v) is 4.89. The molecule has 1 aliphatic carbocycles. The molecular weight excluding hydrogens is 321 g/mol. The molecule has 1 amide bonds.